The number of hydrogen-bond donors (Lipinski definition) is 1. The van der Waals surface area contributed by atoms with Gasteiger partial charge in [0, 0.05) is 37.6 Å². The van der Waals surface area contributed by atoms with Gasteiger partial charge in [0.15, 0.2) is 0 Å². The van der Waals surface area contributed by atoms with Crippen LogP contribution in [0, 0.1) is 5.82 Å². The molecule has 0 atom stereocenters. The van der Waals surface area contributed by atoms with Gasteiger partial charge in [-0.25, -0.2) is 4.39 Å². The quantitative estimate of drug-likeness (QED) is 0.862. The second-order valence-electron chi connectivity index (χ2n) is 6.90. The Bertz CT molecular complexity index is 861. The molecule has 2 aliphatic heterocycles. The third-order valence-corrected chi connectivity index (χ3v) is 5.10. The first-order chi connectivity index (χ1) is 12.5. The molecule has 0 unspecified atom stereocenters. The lowest BCUT2D eigenvalue weighted by atomic mass is 9.83. The van der Waals surface area contributed by atoms with E-state index in [-0.39, 0.29) is 24.8 Å². The number of carboxylic acids is 1. The highest BCUT2D eigenvalue weighted by molar-refractivity contribution is 5.85. The number of carbonyl (C=O) groups is 1. The number of carboxylic acid groups (broad SMARTS) is 1. The molecule has 2 aromatic rings. The molecule has 1 spiro atoms. The fourth-order valence-corrected chi connectivity index (χ4v) is 3.78. The summed E-state index contributed by atoms with van der Waals surface area (Å²) >= 11 is 0. The molecular weight excluding hydrogens is 369 g/mol. The van der Waals surface area contributed by atoms with Gasteiger partial charge in [-0.2, -0.15) is 0 Å². The van der Waals surface area contributed by atoms with Gasteiger partial charge in [-0.05, 0) is 29.3 Å². The maximum absolute atomic E-state index is 13.8. The Morgan fingerprint density at radius 1 is 1.15 bits per heavy atom. The van der Waals surface area contributed by atoms with Gasteiger partial charge in [-0.15, -0.1) is 12.4 Å². The lowest BCUT2D eigenvalue weighted by Crippen LogP contribution is -2.49. The standard InChI is InChI=1S/C21H20FNO3.ClH/c22-16-6-7-17-18(15-4-2-1-3-5-15)13-21(26-19(17)12-16)8-10-23(11-9-21)14-20(24)25;/h1-7,12-13H,8-11,14H2,(H,24,25);1H. The molecule has 1 fully saturated rings. The average Bonchev–Trinajstić information content (AvgIpc) is 2.63. The van der Waals surface area contributed by atoms with Crippen LogP contribution in [0.5, 0.6) is 5.75 Å². The van der Waals surface area contributed by atoms with Crippen molar-refractivity contribution in [2.75, 3.05) is 19.6 Å². The van der Waals surface area contributed by atoms with Crippen LogP contribution >= 0.6 is 12.4 Å². The molecule has 4 nitrogen and oxygen atoms in total. The molecule has 0 saturated carbocycles. The lowest BCUT2D eigenvalue weighted by molar-refractivity contribution is -0.139. The Morgan fingerprint density at radius 3 is 2.52 bits per heavy atom. The van der Waals surface area contributed by atoms with Crippen molar-refractivity contribution in [3.05, 3.63) is 71.6 Å². The fourth-order valence-electron chi connectivity index (χ4n) is 3.78. The predicted octanol–water partition coefficient (Wildman–Crippen LogP) is 3.99. The minimum atomic E-state index is -0.821. The number of fused-ring (bicyclic) bond motifs is 1. The van der Waals surface area contributed by atoms with Crippen molar-refractivity contribution in [3.63, 3.8) is 0 Å². The van der Waals surface area contributed by atoms with E-state index in [4.69, 9.17) is 9.84 Å². The number of halogens is 2. The molecule has 27 heavy (non-hydrogen) atoms. The topological polar surface area (TPSA) is 49.8 Å². The fraction of sp³-hybridized carbons (Fsp3) is 0.286. The zero-order valence-corrected chi connectivity index (χ0v) is 15.5. The first-order valence-corrected chi connectivity index (χ1v) is 8.76. The third-order valence-electron chi connectivity index (χ3n) is 5.10. The Balaban J connectivity index is 0.00000210. The monoisotopic (exact) mass is 389 g/mol. The maximum Gasteiger partial charge on any atom is 0.317 e. The average molecular weight is 390 g/mol. The SMILES string of the molecule is Cl.O=C(O)CN1CCC2(C=C(c3ccccc3)c3ccc(F)cc3O2)CC1. The molecule has 0 amide bonds. The zero-order valence-electron chi connectivity index (χ0n) is 14.7. The Hall–Kier alpha value is -2.37. The molecular formula is C21H21ClFNO3. The molecule has 4 rings (SSSR count). The van der Waals surface area contributed by atoms with Crippen molar-refractivity contribution >= 4 is 23.9 Å². The Morgan fingerprint density at radius 2 is 1.85 bits per heavy atom. The third kappa shape index (κ3) is 3.99. The molecule has 6 heteroatoms. The highest BCUT2D eigenvalue weighted by Gasteiger charge is 2.39. The summed E-state index contributed by atoms with van der Waals surface area (Å²) in [5.74, 6) is -0.590. The lowest BCUT2D eigenvalue weighted by Gasteiger charge is -2.42. The number of benzene rings is 2. The normalized spacial score (nSPS) is 18.0. The van der Waals surface area contributed by atoms with Crippen LogP contribution in [-0.2, 0) is 4.79 Å². The maximum atomic E-state index is 13.8. The molecule has 2 aromatic carbocycles. The minimum Gasteiger partial charge on any atom is -0.482 e. The number of piperidine rings is 1. The van der Waals surface area contributed by atoms with Gasteiger partial charge >= 0.3 is 5.97 Å². The van der Waals surface area contributed by atoms with Crippen molar-refractivity contribution < 1.29 is 19.0 Å². The zero-order chi connectivity index (χ0) is 18.1. The summed E-state index contributed by atoms with van der Waals surface area (Å²) in [4.78, 5) is 12.9. The molecule has 1 saturated heterocycles. The summed E-state index contributed by atoms with van der Waals surface area (Å²) in [6.07, 6.45) is 3.49. The van der Waals surface area contributed by atoms with E-state index in [0.717, 1.165) is 16.7 Å². The van der Waals surface area contributed by atoms with Gasteiger partial charge in [0.2, 0.25) is 0 Å². The Labute approximate surface area is 163 Å². The van der Waals surface area contributed by atoms with E-state index in [1.165, 1.54) is 12.1 Å². The second-order valence-corrected chi connectivity index (χ2v) is 6.90. The first-order valence-electron chi connectivity index (χ1n) is 8.76. The Kier molecular flexibility index (Phi) is 5.53. The van der Waals surface area contributed by atoms with Crippen LogP contribution in [0.1, 0.15) is 24.0 Å². The summed E-state index contributed by atoms with van der Waals surface area (Å²) in [6, 6.07) is 14.7. The van der Waals surface area contributed by atoms with Crippen LogP contribution < -0.4 is 4.74 Å². The summed E-state index contributed by atoms with van der Waals surface area (Å²) < 4.78 is 20.1. The van der Waals surface area contributed by atoms with Crippen LogP contribution in [0.25, 0.3) is 5.57 Å². The van der Waals surface area contributed by atoms with Crippen molar-refractivity contribution in [3.8, 4) is 5.75 Å². The summed E-state index contributed by atoms with van der Waals surface area (Å²) in [6.45, 7) is 1.31. The minimum absolute atomic E-state index is 0. The van der Waals surface area contributed by atoms with Crippen LogP contribution in [0.3, 0.4) is 0 Å². The highest BCUT2D eigenvalue weighted by atomic mass is 35.5. The molecule has 0 aliphatic carbocycles. The van der Waals surface area contributed by atoms with E-state index in [0.29, 0.717) is 31.7 Å². The molecule has 0 aromatic heterocycles. The number of hydrogen-bond acceptors (Lipinski definition) is 3. The highest BCUT2D eigenvalue weighted by Crippen LogP contribution is 2.43. The van der Waals surface area contributed by atoms with Crippen LogP contribution in [0.4, 0.5) is 4.39 Å². The summed E-state index contributed by atoms with van der Waals surface area (Å²) in [5.41, 5.74) is 2.46. The predicted molar refractivity (Wildman–Crippen MR) is 104 cm³/mol. The van der Waals surface area contributed by atoms with Gasteiger partial charge in [0.1, 0.15) is 17.2 Å². The van der Waals surface area contributed by atoms with E-state index >= 15 is 0 Å². The summed E-state index contributed by atoms with van der Waals surface area (Å²) in [7, 11) is 0. The van der Waals surface area contributed by atoms with Crippen molar-refractivity contribution in [2.45, 2.75) is 18.4 Å². The van der Waals surface area contributed by atoms with E-state index in [1.54, 1.807) is 6.07 Å². The van der Waals surface area contributed by atoms with Gasteiger partial charge < -0.3 is 9.84 Å². The molecule has 0 radical (unpaired) electrons. The number of ether oxygens (including phenoxy) is 1. The number of rotatable bonds is 3. The second kappa shape index (κ2) is 7.71. The van der Waals surface area contributed by atoms with Crippen LogP contribution in [0.15, 0.2) is 54.6 Å². The number of likely N-dealkylation sites (tertiary alicyclic amines) is 1. The summed E-state index contributed by atoms with van der Waals surface area (Å²) in [5, 5.41) is 8.99. The molecule has 2 heterocycles. The van der Waals surface area contributed by atoms with Gasteiger partial charge in [0.05, 0.1) is 6.54 Å². The van der Waals surface area contributed by atoms with Crippen molar-refractivity contribution in [2.24, 2.45) is 0 Å². The largest absolute Gasteiger partial charge is 0.482 e. The van der Waals surface area contributed by atoms with E-state index in [1.807, 2.05) is 35.2 Å². The van der Waals surface area contributed by atoms with Crippen molar-refractivity contribution in [1.29, 1.82) is 0 Å². The molecule has 2 aliphatic rings. The smallest absolute Gasteiger partial charge is 0.317 e. The molecule has 1 N–H and O–H groups in total. The van der Waals surface area contributed by atoms with Crippen LogP contribution in [0.2, 0.25) is 0 Å². The van der Waals surface area contributed by atoms with Crippen LogP contribution in [-0.4, -0.2) is 41.2 Å². The number of nitrogens with zero attached hydrogens (tertiary/aromatic N) is 1. The molecule has 0 bridgehead atoms. The van der Waals surface area contributed by atoms with E-state index in [2.05, 4.69) is 6.08 Å². The first kappa shape index (κ1) is 19.4. The van der Waals surface area contributed by atoms with Crippen molar-refractivity contribution in [1.82, 2.24) is 4.90 Å². The van der Waals surface area contributed by atoms with E-state index < -0.39 is 11.6 Å². The van der Waals surface area contributed by atoms with E-state index in [9.17, 15) is 9.18 Å². The van der Waals surface area contributed by atoms with Gasteiger partial charge in [-0.3, -0.25) is 9.69 Å². The number of aliphatic carboxylic acids is 1. The van der Waals surface area contributed by atoms with Gasteiger partial charge in [-0.1, -0.05) is 30.3 Å². The van der Waals surface area contributed by atoms with Gasteiger partial charge in [0.25, 0.3) is 0 Å². The molecule has 142 valence electrons.